The van der Waals surface area contributed by atoms with Crippen molar-refractivity contribution in [3.63, 3.8) is 0 Å². The van der Waals surface area contributed by atoms with E-state index in [9.17, 15) is 18.0 Å². The Balaban J connectivity index is 1.72. The number of carbonyl (C=O) groups is 2. The van der Waals surface area contributed by atoms with Crippen LogP contribution in [0.3, 0.4) is 0 Å². The summed E-state index contributed by atoms with van der Waals surface area (Å²) >= 11 is 1.09. The van der Waals surface area contributed by atoms with Crippen molar-refractivity contribution in [2.75, 3.05) is 18.5 Å². The Hall–Kier alpha value is -2.23. The molecule has 0 aliphatic carbocycles. The van der Waals surface area contributed by atoms with E-state index in [1.807, 2.05) is 26.0 Å². The van der Waals surface area contributed by atoms with Gasteiger partial charge in [-0.25, -0.2) is 13.1 Å². The van der Waals surface area contributed by atoms with Gasteiger partial charge in [-0.1, -0.05) is 23.8 Å². The molecule has 0 saturated heterocycles. The molecular formula is C17H20N2O5S2. The molecule has 0 spiro atoms. The SMILES string of the molecule is Cc1ccc(NC(=O)COC(=O)CCNS(=O)(=O)c2cccs2)c(C)c1. The Morgan fingerprint density at radius 2 is 1.96 bits per heavy atom. The molecular weight excluding hydrogens is 376 g/mol. The maximum absolute atomic E-state index is 11.9. The van der Waals surface area contributed by atoms with Gasteiger partial charge in [-0.05, 0) is 36.9 Å². The van der Waals surface area contributed by atoms with Crippen molar-refractivity contribution in [2.24, 2.45) is 0 Å². The summed E-state index contributed by atoms with van der Waals surface area (Å²) in [5.41, 5.74) is 2.64. The number of sulfonamides is 1. The third-order valence-corrected chi connectivity index (χ3v) is 6.26. The van der Waals surface area contributed by atoms with Crippen LogP contribution in [0.2, 0.25) is 0 Å². The molecule has 1 heterocycles. The number of thiophene rings is 1. The molecule has 0 unspecified atom stereocenters. The number of anilines is 1. The normalized spacial score (nSPS) is 11.2. The molecule has 0 radical (unpaired) electrons. The number of benzene rings is 1. The highest BCUT2D eigenvalue weighted by atomic mass is 32.2. The number of nitrogens with one attached hydrogen (secondary N) is 2. The molecule has 2 N–H and O–H groups in total. The highest BCUT2D eigenvalue weighted by Crippen LogP contribution is 2.16. The minimum absolute atomic E-state index is 0.0994. The third kappa shape index (κ3) is 5.94. The Bertz CT molecular complexity index is 877. The molecule has 26 heavy (non-hydrogen) atoms. The molecule has 7 nitrogen and oxygen atoms in total. The molecule has 140 valence electrons. The molecule has 1 aromatic heterocycles. The first-order valence-electron chi connectivity index (χ1n) is 7.84. The lowest BCUT2D eigenvalue weighted by Gasteiger charge is -2.10. The van der Waals surface area contributed by atoms with Crippen LogP contribution in [-0.4, -0.2) is 33.4 Å². The van der Waals surface area contributed by atoms with E-state index in [2.05, 4.69) is 10.0 Å². The lowest BCUT2D eigenvalue weighted by atomic mass is 10.1. The lowest BCUT2D eigenvalue weighted by Crippen LogP contribution is -2.27. The van der Waals surface area contributed by atoms with Crippen LogP contribution in [0.4, 0.5) is 5.69 Å². The van der Waals surface area contributed by atoms with Gasteiger partial charge in [0.1, 0.15) is 4.21 Å². The zero-order valence-electron chi connectivity index (χ0n) is 14.4. The standard InChI is InChI=1S/C17H20N2O5S2/c1-12-5-6-14(13(2)10-12)19-15(20)11-24-16(21)7-8-18-26(22,23)17-4-3-9-25-17/h3-6,9-10,18H,7-8,11H2,1-2H3,(H,19,20). The van der Waals surface area contributed by atoms with Crippen LogP contribution in [0.5, 0.6) is 0 Å². The number of hydrogen-bond acceptors (Lipinski definition) is 6. The van der Waals surface area contributed by atoms with E-state index < -0.39 is 28.5 Å². The van der Waals surface area contributed by atoms with Crippen LogP contribution < -0.4 is 10.0 Å². The minimum atomic E-state index is -3.61. The van der Waals surface area contributed by atoms with Crippen LogP contribution in [0, 0.1) is 13.8 Å². The van der Waals surface area contributed by atoms with Crippen molar-refractivity contribution in [1.29, 1.82) is 0 Å². The number of esters is 1. The quantitative estimate of drug-likeness (QED) is 0.666. The van der Waals surface area contributed by atoms with E-state index in [4.69, 9.17) is 4.74 Å². The number of amides is 1. The second-order valence-corrected chi connectivity index (χ2v) is 8.55. The fourth-order valence-corrected chi connectivity index (χ4v) is 4.20. The fraction of sp³-hybridized carbons (Fsp3) is 0.294. The maximum atomic E-state index is 11.9. The van der Waals surface area contributed by atoms with Gasteiger partial charge in [0.25, 0.3) is 5.91 Å². The van der Waals surface area contributed by atoms with E-state index in [-0.39, 0.29) is 17.2 Å². The highest BCUT2D eigenvalue weighted by molar-refractivity contribution is 7.91. The summed E-state index contributed by atoms with van der Waals surface area (Å²) in [6.07, 6.45) is -0.165. The van der Waals surface area contributed by atoms with Crippen molar-refractivity contribution in [3.8, 4) is 0 Å². The summed E-state index contributed by atoms with van der Waals surface area (Å²) in [5.74, 6) is -1.11. The van der Waals surface area contributed by atoms with Gasteiger partial charge in [0.05, 0.1) is 6.42 Å². The number of rotatable bonds is 8. The summed E-state index contributed by atoms with van der Waals surface area (Å²) in [7, 11) is -3.61. The summed E-state index contributed by atoms with van der Waals surface area (Å²) < 4.78 is 31.1. The highest BCUT2D eigenvalue weighted by Gasteiger charge is 2.15. The fourth-order valence-electron chi connectivity index (χ4n) is 2.13. The first-order valence-corrected chi connectivity index (χ1v) is 10.2. The largest absolute Gasteiger partial charge is 0.456 e. The molecule has 0 saturated carbocycles. The van der Waals surface area contributed by atoms with E-state index in [1.54, 1.807) is 17.5 Å². The van der Waals surface area contributed by atoms with Gasteiger partial charge in [-0.3, -0.25) is 9.59 Å². The van der Waals surface area contributed by atoms with Crippen LogP contribution in [0.25, 0.3) is 0 Å². The van der Waals surface area contributed by atoms with Crippen molar-refractivity contribution in [2.45, 2.75) is 24.5 Å². The summed E-state index contributed by atoms with van der Waals surface area (Å²) in [6, 6.07) is 8.68. The molecule has 1 aromatic carbocycles. The molecule has 0 bridgehead atoms. The Kier molecular flexibility index (Phi) is 6.90. The smallest absolute Gasteiger partial charge is 0.307 e. The zero-order chi connectivity index (χ0) is 19.2. The topological polar surface area (TPSA) is 102 Å². The summed E-state index contributed by atoms with van der Waals surface area (Å²) in [4.78, 5) is 23.5. The minimum Gasteiger partial charge on any atom is -0.456 e. The molecule has 0 fully saturated rings. The first-order chi connectivity index (χ1) is 12.3. The van der Waals surface area contributed by atoms with Crippen LogP contribution in [0.1, 0.15) is 17.5 Å². The van der Waals surface area contributed by atoms with Crippen molar-refractivity contribution >= 4 is 38.9 Å². The van der Waals surface area contributed by atoms with Crippen LogP contribution in [-0.2, 0) is 24.3 Å². The second-order valence-electron chi connectivity index (χ2n) is 5.61. The number of carbonyl (C=O) groups excluding carboxylic acids is 2. The second kappa shape index (κ2) is 8.93. The number of ether oxygens (including phenoxy) is 1. The van der Waals surface area contributed by atoms with Gasteiger partial charge in [0.15, 0.2) is 6.61 Å². The predicted molar refractivity (Wildman–Crippen MR) is 99.6 cm³/mol. The van der Waals surface area contributed by atoms with Gasteiger partial charge >= 0.3 is 5.97 Å². The molecule has 9 heteroatoms. The molecule has 2 aromatic rings. The monoisotopic (exact) mass is 396 g/mol. The van der Waals surface area contributed by atoms with E-state index in [1.165, 1.54) is 6.07 Å². The summed E-state index contributed by atoms with van der Waals surface area (Å²) in [5, 5.41) is 4.32. The van der Waals surface area contributed by atoms with Crippen LogP contribution >= 0.6 is 11.3 Å². The van der Waals surface area contributed by atoms with Crippen molar-refractivity contribution in [3.05, 3.63) is 46.8 Å². The average molecular weight is 396 g/mol. The summed E-state index contributed by atoms with van der Waals surface area (Å²) in [6.45, 7) is 3.29. The third-order valence-electron chi connectivity index (χ3n) is 3.40. The van der Waals surface area contributed by atoms with E-state index in [0.717, 1.165) is 22.5 Å². The molecule has 1 amide bonds. The molecule has 0 aliphatic heterocycles. The van der Waals surface area contributed by atoms with E-state index in [0.29, 0.717) is 5.69 Å². The lowest BCUT2D eigenvalue weighted by molar-refractivity contribution is -0.147. The maximum Gasteiger partial charge on any atom is 0.307 e. The van der Waals surface area contributed by atoms with Gasteiger partial charge in [-0.15, -0.1) is 11.3 Å². The van der Waals surface area contributed by atoms with Crippen molar-refractivity contribution < 1.29 is 22.7 Å². The van der Waals surface area contributed by atoms with Gasteiger partial charge in [-0.2, -0.15) is 0 Å². The van der Waals surface area contributed by atoms with Gasteiger partial charge in [0, 0.05) is 12.2 Å². The Morgan fingerprint density at radius 1 is 1.19 bits per heavy atom. The zero-order valence-corrected chi connectivity index (χ0v) is 16.1. The number of hydrogen-bond donors (Lipinski definition) is 2. The van der Waals surface area contributed by atoms with Gasteiger partial charge < -0.3 is 10.1 Å². The van der Waals surface area contributed by atoms with E-state index >= 15 is 0 Å². The number of aryl methyl sites for hydroxylation is 2. The molecule has 0 atom stereocenters. The average Bonchev–Trinajstić information content (AvgIpc) is 3.11. The first kappa shape index (κ1) is 20.1. The molecule has 2 rings (SSSR count). The molecule has 0 aliphatic rings. The van der Waals surface area contributed by atoms with Gasteiger partial charge in [0.2, 0.25) is 10.0 Å². The van der Waals surface area contributed by atoms with Crippen LogP contribution in [0.15, 0.2) is 39.9 Å². The Morgan fingerprint density at radius 3 is 2.62 bits per heavy atom. The Labute approximate surface area is 156 Å². The predicted octanol–water partition coefficient (Wildman–Crippen LogP) is 2.22. The van der Waals surface area contributed by atoms with Crippen molar-refractivity contribution in [1.82, 2.24) is 4.72 Å².